The van der Waals surface area contributed by atoms with Gasteiger partial charge in [0.15, 0.2) is 11.4 Å². The minimum absolute atomic E-state index is 0.0454. The van der Waals surface area contributed by atoms with Crippen LogP contribution in [-0.4, -0.2) is 69.5 Å². The molecule has 1 N–H and O–H groups in total. The maximum absolute atomic E-state index is 14.1. The van der Waals surface area contributed by atoms with E-state index in [-0.39, 0.29) is 24.4 Å². The summed E-state index contributed by atoms with van der Waals surface area (Å²) in [6, 6.07) is 9.96. The average molecular weight is 523 g/mol. The summed E-state index contributed by atoms with van der Waals surface area (Å²) < 4.78 is 6.85. The Balaban J connectivity index is 1.29. The molecule has 4 heterocycles. The third-order valence-corrected chi connectivity index (χ3v) is 9.86. The van der Waals surface area contributed by atoms with E-state index in [2.05, 4.69) is 4.90 Å². The molecule has 1 aromatic carbocycles. The summed E-state index contributed by atoms with van der Waals surface area (Å²) in [4.78, 5) is 35.9. The highest BCUT2D eigenvalue weighted by atomic mass is 16.5. The fourth-order valence-corrected chi connectivity index (χ4v) is 7.92. The zero-order valence-corrected chi connectivity index (χ0v) is 22.7. The summed E-state index contributed by atoms with van der Waals surface area (Å²) >= 11 is 0. The van der Waals surface area contributed by atoms with Crippen molar-refractivity contribution in [3.05, 3.63) is 34.6 Å². The molecule has 2 aromatic rings. The fraction of sp³-hybridized carbons (Fsp3) is 0.700. The van der Waals surface area contributed by atoms with Gasteiger partial charge >= 0.3 is 5.97 Å². The topological polar surface area (TPSA) is 87.9 Å². The van der Waals surface area contributed by atoms with Crippen LogP contribution >= 0.6 is 0 Å². The molecule has 1 saturated carbocycles. The van der Waals surface area contributed by atoms with Crippen LogP contribution in [0.5, 0.6) is 0 Å². The summed E-state index contributed by atoms with van der Waals surface area (Å²) in [5, 5.41) is 10.7. The Bertz CT molecular complexity index is 1200. The van der Waals surface area contributed by atoms with Crippen LogP contribution in [0.4, 0.5) is 5.82 Å². The number of anilines is 1. The second-order valence-electron chi connectivity index (χ2n) is 12.1. The molecule has 2 atom stereocenters. The van der Waals surface area contributed by atoms with E-state index in [9.17, 15) is 14.7 Å². The van der Waals surface area contributed by atoms with Crippen molar-refractivity contribution in [3.63, 3.8) is 0 Å². The smallest absolute Gasteiger partial charge is 0.337 e. The van der Waals surface area contributed by atoms with Crippen LogP contribution in [0.2, 0.25) is 0 Å². The van der Waals surface area contributed by atoms with Gasteiger partial charge in [0.2, 0.25) is 0 Å². The number of methoxy groups -OCH3 is 1. The summed E-state index contributed by atoms with van der Waals surface area (Å²) in [5.74, 6) is -0.169. The minimum atomic E-state index is -1.50. The Labute approximate surface area is 225 Å². The number of piperidine rings is 2. The van der Waals surface area contributed by atoms with Gasteiger partial charge in [0, 0.05) is 50.1 Å². The molecule has 206 valence electrons. The zero-order valence-electron chi connectivity index (χ0n) is 22.7. The van der Waals surface area contributed by atoms with Crippen molar-refractivity contribution in [1.82, 2.24) is 14.5 Å². The SMILES string of the molecule is COC(=O)C1(O)CCN(c2nc3ccccc3n(C3CC4CCC(C3)N4C3CCCCCCC3)c2=O)CC1. The first-order chi connectivity index (χ1) is 18.5. The molecule has 38 heavy (non-hydrogen) atoms. The molecule has 3 aliphatic heterocycles. The number of nitrogens with zero attached hydrogens (tertiary/aromatic N) is 4. The Morgan fingerprint density at radius 2 is 1.55 bits per heavy atom. The van der Waals surface area contributed by atoms with Crippen molar-refractivity contribution < 1.29 is 14.6 Å². The van der Waals surface area contributed by atoms with E-state index in [4.69, 9.17) is 9.72 Å². The first-order valence-corrected chi connectivity index (χ1v) is 14.8. The largest absolute Gasteiger partial charge is 0.467 e. The summed E-state index contributed by atoms with van der Waals surface area (Å²) in [7, 11) is 1.30. The minimum Gasteiger partial charge on any atom is -0.467 e. The van der Waals surface area contributed by atoms with Gasteiger partial charge in [0.25, 0.3) is 5.56 Å². The molecule has 3 saturated heterocycles. The first kappa shape index (κ1) is 25.8. The van der Waals surface area contributed by atoms with Crippen molar-refractivity contribution in [3.8, 4) is 0 Å². The molecule has 8 nitrogen and oxygen atoms in total. The highest BCUT2D eigenvalue weighted by molar-refractivity contribution is 5.80. The van der Waals surface area contributed by atoms with Gasteiger partial charge < -0.3 is 19.3 Å². The van der Waals surface area contributed by atoms with Crippen LogP contribution in [0.3, 0.4) is 0 Å². The van der Waals surface area contributed by atoms with E-state index < -0.39 is 11.6 Å². The summed E-state index contributed by atoms with van der Waals surface area (Å²) in [6.07, 6.45) is 14.4. The van der Waals surface area contributed by atoms with Crippen LogP contribution < -0.4 is 10.5 Å². The molecular weight excluding hydrogens is 480 g/mol. The highest BCUT2D eigenvalue weighted by Crippen LogP contribution is 2.44. The second kappa shape index (κ2) is 10.6. The van der Waals surface area contributed by atoms with Crippen LogP contribution in [0.1, 0.15) is 89.5 Å². The van der Waals surface area contributed by atoms with Gasteiger partial charge in [-0.3, -0.25) is 9.69 Å². The Morgan fingerprint density at radius 1 is 0.921 bits per heavy atom. The number of esters is 1. The first-order valence-electron chi connectivity index (χ1n) is 14.8. The number of para-hydroxylation sites is 2. The number of carbonyl (C=O) groups excluding carboxylic acids is 1. The van der Waals surface area contributed by atoms with Gasteiger partial charge in [-0.25, -0.2) is 9.78 Å². The number of carbonyl (C=O) groups is 1. The standard InChI is InChI=1S/C30H42N4O4/c1-38-29(36)30(37)15-17-32(18-16-30)27-28(35)34(26-12-8-7-11-25(26)31-27)24-19-22-13-14-23(20-24)33(22)21-9-5-3-2-4-6-10-21/h7-8,11-12,21-24,37H,2-6,9-10,13-20H2,1H3. The third-order valence-electron chi connectivity index (χ3n) is 9.86. The lowest BCUT2D eigenvalue weighted by molar-refractivity contribution is -0.164. The van der Waals surface area contributed by atoms with E-state index >= 15 is 0 Å². The summed E-state index contributed by atoms with van der Waals surface area (Å²) in [6.45, 7) is 0.773. The molecule has 4 fully saturated rings. The van der Waals surface area contributed by atoms with Gasteiger partial charge in [0.1, 0.15) is 0 Å². The Kier molecular flexibility index (Phi) is 7.20. The average Bonchev–Trinajstić information content (AvgIpc) is 3.17. The molecule has 4 aliphatic rings. The molecule has 8 heteroatoms. The Morgan fingerprint density at radius 3 is 2.21 bits per heavy atom. The number of rotatable bonds is 4. The van der Waals surface area contributed by atoms with Crippen molar-refractivity contribution >= 4 is 22.8 Å². The van der Waals surface area contributed by atoms with Crippen LogP contribution in [0, 0.1) is 0 Å². The van der Waals surface area contributed by atoms with Gasteiger partial charge in [0.05, 0.1) is 18.1 Å². The molecular formula is C30H42N4O4. The lowest BCUT2D eigenvalue weighted by atomic mass is 9.89. The van der Waals surface area contributed by atoms with Gasteiger partial charge in [-0.05, 0) is 50.7 Å². The number of aliphatic hydroxyl groups is 1. The van der Waals surface area contributed by atoms with Crippen molar-refractivity contribution in [1.29, 1.82) is 0 Å². The van der Waals surface area contributed by atoms with Crippen LogP contribution in [0.25, 0.3) is 11.0 Å². The molecule has 0 radical (unpaired) electrons. The monoisotopic (exact) mass is 522 g/mol. The van der Waals surface area contributed by atoms with E-state index in [1.54, 1.807) is 0 Å². The van der Waals surface area contributed by atoms with Gasteiger partial charge in [-0.2, -0.15) is 0 Å². The lowest BCUT2D eigenvalue weighted by Gasteiger charge is -2.45. The van der Waals surface area contributed by atoms with Gasteiger partial charge in [-0.15, -0.1) is 0 Å². The normalized spacial score (nSPS) is 28.7. The van der Waals surface area contributed by atoms with Gasteiger partial charge in [-0.1, -0.05) is 44.2 Å². The molecule has 2 unspecified atom stereocenters. The number of aromatic nitrogens is 2. The molecule has 2 bridgehead atoms. The van der Waals surface area contributed by atoms with Crippen molar-refractivity contribution in [2.45, 2.75) is 113 Å². The van der Waals surface area contributed by atoms with E-state index in [1.807, 2.05) is 33.7 Å². The lowest BCUT2D eigenvalue weighted by Crippen LogP contribution is -2.52. The molecule has 0 amide bonds. The molecule has 6 rings (SSSR count). The number of hydrogen-bond donors (Lipinski definition) is 1. The van der Waals surface area contributed by atoms with E-state index in [0.717, 1.165) is 23.9 Å². The predicted molar refractivity (Wildman–Crippen MR) is 147 cm³/mol. The van der Waals surface area contributed by atoms with E-state index in [1.165, 1.54) is 64.9 Å². The predicted octanol–water partition coefficient (Wildman–Crippen LogP) is 4.18. The number of benzene rings is 1. The quantitative estimate of drug-likeness (QED) is 0.603. The maximum atomic E-state index is 14.1. The zero-order chi connectivity index (χ0) is 26.3. The van der Waals surface area contributed by atoms with E-state index in [0.29, 0.717) is 37.0 Å². The molecule has 1 aromatic heterocycles. The number of ether oxygens (including phenoxy) is 1. The second-order valence-corrected chi connectivity index (χ2v) is 12.1. The maximum Gasteiger partial charge on any atom is 0.337 e. The summed E-state index contributed by atoms with van der Waals surface area (Å²) in [5.41, 5.74) is 0.194. The third kappa shape index (κ3) is 4.64. The molecule has 1 aliphatic carbocycles. The number of fused-ring (bicyclic) bond motifs is 3. The van der Waals surface area contributed by atoms with Crippen LogP contribution in [-0.2, 0) is 9.53 Å². The molecule has 0 spiro atoms. The van der Waals surface area contributed by atoms with Crippen LogP contribution in [0.15, 0.2) is 29.1 Å². The van der Waals surface area contributed by atoms with Crippen molar-refractivity contribution in [2.75, 3.05) is 25.1 Å². The number of hydrogen-bond acceptors (Lipinski definition) is 7. The fourth-order valence-electron chi connectivity index (χ4n) is 7.92. The Hall–Kier alpha value is -2.45. The highest BCUT2D eigenvalue weighted by Gasteiger charge is 2.45. The van der Waals surface area contributed by atoms with Crippen molar-refractivity contribution in [2.24, 2.45) is 0 Å².